The van der Waals surface area contributed by atoms with Gasteiger partial charge in [-0.2, -0.15) is 0 Å². The number of hydrogen-bond donors (Lipinski definition) is 2. The summed E-state index contributed by atoms with van der Waals surface area (Å²) in [6.45, 7) is 11.4. The monoisotopic (exact) mass is 430 g/mol. The van der Waals surface area contributed by atoms with Gasteiger partial charge in [-0.25, -0.2) is 0 Å². The SMILES string of the molecule is CC(=O)NC1CCN(C[C@@]2(O)CCN(Cc3cccc(CN4CCOCC4)c3)C2)CC1. The number of morpholine rings is 1. The Morgan fingerprint density at radius 1 is 1.06 bits per heavy atom. The zero-order chi connectivity index (χ0) is 21.7. The van der Waals surface area contributed by atoms with E-state index in [1.54, 1.807) is 6.92 Å². The standard InChI is InChI=1S/C24H38N4O3/c1-20(29)25-23-5-8-27(9-6-23)18-24(30)7-10-28(19-24)17-22-4-2-3-21(15-22)16-26-11-13-31-14-12-26/h2-4,15,23,30H,5-14,16-19H2,1H3,(H,25,29)/t24-/m0/s1. The number of carbonyl (C=O) groups is 1. The molecule has 1 amide bonds. The van der Waals surface area contributed by atoms with Gasteiger partial charge in [0.25, 0.3) is 0 Å². The minimum Gasteiger partial charge on any atom is -0.387 e. The minimum atomic E-state index is -0.633. The van der Waals surface area contributed by atoms with Crippen molar-refractivity contribution in [3.05, 3.63) is 35.4 Å². The van der Waals surface area contributed by atoms with Gasteiger partial charge in [-0.3, -0.25) is 14.6 Å². The summed E-state index contributed by atoms with van der Waals surface area (Å²) in [4.78, 5) is 18.5. The Balaban J connectivity index is 1.24. The lowest BCUT2D eigenvalue weighted by Gasteiger charge is -2.36. The molecule has 0 unspecified atom stereocenters. The van der Waals surface area contributed by atoms with Crippen LogP contribution in [-0.2, 0) is 22.6 Å². The van der Waals surface area contributed by atoms with Crippen LogP contribution in [0.25, 0.3) is 0 Å². The van der Waals surface area contributed by atoms with Crippen molar-refractivity contribution in [2.75, 3.05) is 59.0 Å². The predicted octanol–water partition coefficient (Wildman–Crippen LogP) is 1.06. The lowest BCUT2D eigenvalue weighted by molar-refractivity contribution is -0.120. The lowest BCUT2D eigenvalue weighted by Crippen LogP contribution is -2.50. The number of hydrogen-bond acceptors (Lipinski definition) is 6. The molecule has 1 aromatic rings. The number of carbonyl (C=O) groups excluding carboxylic acids is 1. The average Bonchev–Trinajstić information content (AvgIpc) is 3.10. The molecule has 0 bridgehead atoms. The highest BCUT2D eigenvalue weighted by Crippen LogP contribution is 2.26. The first-order valence-electron chi connectivity index (χ1n) is 11.8. The number of amides is 1. The van der Waals surface area contributed by atoms with Crippen LogP contribution in [0.4, 0.5) is 0 Å². The van der Waals surface area contributed by atoms with E-state index >= 15 is 0 Å². The summed E-state index contributed by atoms with van der Waals surface area (Å²) in [7, 11) is 0. The normalized spacial score (nSPS) is 26.9. The van der Waals surface area contributed by atoms with Gasteiger partial charge in [-0.05, 0) is 30.4 Å². The molecule has 3 aliphatic heterocycles. The van der Waals surface area contributed by atoms with Crippen molar-refractivity contribution in [1.29, 1.82) is 0 Å². The fourth-order valence-corrected chi connectivity index (χ4v) is 5.25. The molecule has 4 rings (SSSR count). The first kappa shape index (κ1) is 22.7. The maximum atomic E-state index is 11.3. The number of benzene rings is 1. The Bertz CT molecular complexity index is 731. The van der Waals surface area contributed by atoms with Crippen LogP contribution < -0.4 is 5.32 Å². The Kier molecular flexibility index (Phi) is 7.61. The van der Waals surface area contributed by atoms with Crippen molar-refractivity contribution < 1.29 is 14.6 Å². The van der Waals surface area contributed by atoms with E-state index in [2.05, 4.69) is 44.3 Å². The third-order valence-corrected chi connectivity index (χ3v) is 6.83. The van der Waals surface area contributed by atoms with E-state index < -0.39 is 5.60 Å². The summed E-state index contributed by atoms with van der Waals surface area (Å²) in [6.07, 6.45) is 2.76. The Morgan fingerprint density at radius 3 is 2.42 bits per heavy atom. The zero-order valence-electron chi connectivity index (χ0n) is 18.9. The second kappa shape index (κ2) is 10.4. The van der Waals surface area contributed by atoms with Crippen molar-refractivity contribution >= 4 is 5.91 Å². The Labute approximate surface area is 186 Å². The average molecular weight is 431 g/mol. The minimum absolute atomic E-state index is 0.0533. The molecule has 0 aliphatic carbocycles. The molecule has 2 N–H and O–H groups in total. The number of piperidine rings is 1. The van der Waals surface area contributed by atoms with Gasteiger partial charge in [0, 0.05) is 71.9 Å². The highest BCUT2D eigenvalue weighted by molar-refractivity contribution is 5.73. The van der Waals surface area contributed by atoms with E-state index in [4.69, 9.17) is 4.74 Å². The molecule has 1 atom stereocenters. The number of aliphatic hydroxyl groups is 1. The number of β-amino-alcohol motifs (C(OH)–C–C–N with tert-alkyl or cyclic N) is 1. The van der Waals surface area contributed by atoms with Crippen LogP contribution in [-0.4, -0.2) is 96.4 Å². The molecular formula is C24H38N4O3. The van der Waals surface area contributed by atoms with Crippen molar-refractivity contribution in [3.63, 3.8) is 0 Å². The van der Waals surface area contributed by atoms with Crippen molar-refractivity contribution in [3.8, 4) is 0 Å². The second-order valence-electron chi connectivity index (χ2n) is 9.64. The van der Waals surface area contributed by atoms with E-state index in [1.807, 2.05) is 0 Å². The van der Waals surface area contributed by atoms with Crippen LogP contribution in [0, 0.1) is 0 Å². The topological polar surface area (TPSA) is 68.3 Å². The zero-order valence-corrected chi connectivity index (χ0v) is 18.9. The van der Waals surface area contributed by atoms with Crippen molar-refractivity contribution in [2.45, 2.75) is 50.9 Å². The van der Waals surface area contributed by atoms with Crippen molar-refractivity contribution in [1.82, 2.24) is 20.0 Å². The maximum absolute atomic E-state index is 11.3. The van der Waals surface area contributed by atoms with Gasteiger partial charge < -0.3 is 20.1 Å². The lowest BCUT2D eigenvalue weighted by atomic mass is 9.99. The van der Waals surface area contributed by atoms with Crippen LogP contribution in [0.15, 0.2) is 24.3 Å². The van der Waals surface area contributed by atoms with E-state index in [0.717, 1.165) is 91.4 Å². The summed E-state index contributed by atoms with van der Waals surface area (Å²) in [5.74, 6) is 0.0533. The smallest absolute Gasteiger partial charge is 0.217 e. The van der Waals surface area contributed by atoms with E-state index in [0.29, 0.717) is 0 Å². The van der Waals surface area contributed by atoms with Gasteiger partial charge in [0.1, 0.15) is 0 Å². The van der Waals surface area contributed by atoms with Gasteiger partial charge in [-0.1, -0.05) is 24.3 Å². The summed E-state index contributed by atoms with van der Waals surface area (Å²) in [5.41, 5.74) is 2.05. The van der Waals surface area contributed by atoms with Crippen LogP contribution in [0.1, 0.15) is 37.3 Å². The fraction of sp³-hybridized carbons (Fsp3) is 0.708. The molecule has 3 fully saturated rings. The molecule has 7 nitrogen and oxygen atoms in total. The van der Waals surface area contributed by atoms with Crippen LogP contribution in [0.5, 0.6) is 0 Å². The van der Waals surface area contributed by atoms with Crippen molar-refractivity contribution in [2.24, 2.45) is 0 Å². The number of nitrogens with one attached hydrogen (secondary N) is 1. The molecular weight excluding hydrogens is 392 g/mol. The number of rotatable bonds is 7. The first-order chi connectivity index (χ1) is 15.0. The predicted molar refractivity (Wildman–Crippen MR) is 121 cm³/mol. The number of nitrogens with zero attached hydrogens (tertiary/aromatic N) is 3. The summed E-state index contributed by atoms with van der Waals surface area (Å²) < 4.78 is 5.45. The summed E-state index contributed by atoms with van der Waals surface area (Å²) in [6, 6.07) is 9.18. The second-order valence-corrected chi connectivity index (χ2v) is 9.64. The quantitative estimate of drug-likeness (QED) is 0.674. The van der Waals surface area contributed by atoms with Crippen LogP contribution in [0.3, 0.4) is 0 Å². The molecule has 0 spiro atoms. The molecule has 0 aromatic heterocycles. The highest BCUT2D eigenvalue weighted by Gasteiger charge is 2.38. The first-order valence-corrected chi connectivity index (χ1v) is 11.8. The van der Waals surface area contributed by atoms with Crippen LogP contribution in [0.2, 0.25) is 0 Å². The molecule has 3 heterocycles. The summed E-state index contributed by atoms with van der Waals surface area (Å²) >= 11 is 0. The molecule has 3 aliphatic rings. The number of likely N-dealkylation sites (tertiary alicyclic amines) is 2. The number of ether oxygens (including phenoxy) is 1. The van der Waals surface area contributed by atoms with E-state index in [9.17, 15) is 9.90 Å². The van der Waals surface area contributed by atoms with E-state index in [-0.39, 0.29) is 11.9 Å². The molecule has 3 saturated heterocycles. The van der Waals surface area contributed by atoms with Gasteiger partial charge in [0.2, 0.25) is 5.91 Å². The van der Waals surface area contributed by atoms with Gasteiger partial charge in [0.15, 0.2) is 0 Å². The molecule has 0 radical (unpaired) electrons. The Hall–Kier alpha value is -1.51. The van der Waals surface area contributed by atoms with Gasteiger partial charge in [-0.15, -0.1) is 0 Å². The molecule has 1 aromatic carbocycles. The molecule has 0 saturated carbocycles. The largest absolute Gasteiger partial charge is 0.387 e. The summed E-state index contributed by atoms with van der Waals surface area (Å²) in [5, 5.41) is 14.2. The Morgan fingerprint density at radius 2 is 1.74 bits per heavy atom. The highest BCUT2D eigenvalue weighted by atomic mass is 16.5. The molecule has 172 valence electrons. The third kappa shape index (κ3) is 6.73. The van der Waals surface area contributed by atoms with E-state index in [1.165, 1.54) is 11.1 Å². The van der Waals surface area contributed by atoms with Gasteiger partial charge >= 0.3 is 0 Å². The fourth-order valence-electron chi connectivity index (χ4n) is 5.25. The molecule has 31 heavy (non-hydrogen) atoms. The van der Waals surface area contributed by atoms with Gasteiger partial charge in [0.05, 0.1) is 18.8 Å². The molecule has 7 heteroatoms. The maximum Gasteiger partial charge on any atom is 0.217 e. The third-order valence-electron chi connectivity index (χ3n) is 6.83. The van der Waals surface area contributed by atoms with Crippen LogP contribution >= 0.6 is 0 Å².